The highest BCUT2D eigenvalue weighted by Crippen LogP contribution is 2.15. The van der Waals surface area contributed by atoms with E-state index in [0.29, 0.717) is 5.25 Å². The molecule has 0 aromatic heterocycles. The van der Waals surface area contributed by atoms with Crippen molar-refractivity contribution in [2.75, 3.05) is 5.75 Å². The maximum atomic E-state index is 10.0. The first kappa shape index (κ1) is 9.02. The maximum Gasteiger partial charge on any atom is 0.121 e. The molecule has 1 atom stereocenters. The van der Waals surface area contributed by atoms with Crippen LogP contribution in [0.15, 0.2) is 0 Å². The molecule has 0 spiro atoms. The van der Waals surface area contributed by atoms with Crippen molar-refractivity contribution in [2.45, 2.75) is 31.9 Å². The predicted molar refractivity (Wildman–Crippen MR) is 42.9 cm³/mol. The van der Waals surface area contributed by atoms with Crippen LogP contribution < -0.4 is 0 Å². The van der Waals surface area contributed by atoms with Crippen LogP contribution in [0.4, 0.5) is 0 Å². The average molecular weight is 146 g/mol. The Labute approximate surface area is 61.2 Å². The van der Waals surface area contributed by atoms with Crippen LogP contribution in [0, 0.1) is 0 Å². The molecule has 0 aliphatic carbocycles. The Kier molecular flexibility index (Phi) is 6.16. The number of hydrogen-bond donors (Lipinski definition) is 0. The molecule has 0 rings (SSSR count). The van der Waals surface area contributed by atoms with Crippen LogP contribution in [0.25, 0.3) is 0 Å². The van der Waals surface area contributed by atoms with Gasteiger partial charge in [0.1, 0.15) is 6.29 Å². The third-order valence-electron chi connectivity index (χ3n) is 1.22. The van der Waals surface area contributed by atoms with Crippen molar-refractivity contribution < 1.29 is 4.79 Å². The predicted octanol–water partition coefficient (Wildman–Crippen LogP) is 2.11. The Morgan fingerprint density at radius 1 is 1.56 bits per heavy atom. The van der Waals surface area contributed by atoms with Crippen LogP contribution in [-0.2, 0) is 4.79 Å². The summed E-state index contributed by atoms with van der Waals surface area (Å²) >= 11 is 1.87. The molecule has 0 bridgehead atoms. The molecule has 0 unspecified atom stereocenters. The molecule has 0 radical (unpaired) electrons. The van der Waals surface area contributed by atoms with Gasteiger partial charge in [-0.1, -0.05) is 13.8 Å². The second kappa shape index (κ2) is 6.14. The van der Waals surface area contributed by atoms with Crippen molar-refractivity contribution in [3.63, 3.8) is 0 Å². The van der Waals surface area contributed by atoms with Crippen molar-refractivity contribution >= 4 is 18.0 Å². The van der Waals surface area contributed by atoms with Gasteiger partial charge < -0.3 is 4.79 Å². The second-order valence-corrected chi connectivity index (χ2v) is 3.47. The van der Waals surface area contributed by atoms with Crippen molar-refractivity contribution in [1.82, 2.24) is 0 Å². The molecule has 0 N–H and O–H groups in total. The van der Waals surface area contributed by atoms with E-state index in [2.05, 4.69) is 13.8 Å². The van der Waals surface area contributed by atoms with Crippen LogP contribution in [0.1, 0.15) is 26.7 Å². The standard InChI is InChI=1S/C7H14OS/c1-3-7(5-6-8)9-4-2/h6-7H,3-5H2,1-2H3/t7-/m0/s1. The smallest absolute Gasteiger partial charge is 0.121 e. The Hall–Kier alpha value is 0.0200. The number of carbonyl (C=O) groups is 1. The van der Waals surface area contributed by atoms with Gasteiger partial charge in [0.2, 0.25) is 0 Å². The van der Waals surface area contributed by atoms with E-state index in [0.717, 1.165) is 24.9 Å². The Morgan fingerprint density at radius 3 is 2.56 bits per heavy atom. The zero-order valence-corrected chi connectivity index (χ0v) is 6.91. The van der Waals surface area contributed by atoms with Gasteiger partial charge in [0.05, 0.1) is 0 Å². The van der Waals surface area contributed by atoms with Crippen LogP contribution in [0.3, 0.4) is 0 Å². The summed E-state index contributed by atoms with van der Waals surface area (Å²) in [7, 11) is 0. The molecule has 9 heavy (non-hydrogen) atoms. The number of hydrogen-bond acceptors (Lipinski definition) is 2. The lowest BCUT2D eigenvalue weighted by molar-refractivity contribution is -0.107. The van der Waals surface area contributed by atoms with Crippen molar-refractivity contribution in [2.24, 2.45) is 0 Å². The van der Waals surface area contributed by atoms with Gasteiger partial charge in [0.15, 0.2) is 0 Å². The molecule has 0 aromatic carbocycles. The third kappa shape index (κ3) is 4.52. The van der Waals surface area contributed by atoms with E-state index in [4.69, 9.17) is 0 Å². The fourth-order valence-electron chi connectivity index (χ4n) is 0.696. The molecule has 1 nitrogen and oxygen atoms in total. The summed E-state index contributed by atoms with van der Waals surface area (Å²) in [5.41, 5.74) is 0. The second-order valence-electron chi connectivity index (χ2n) is 1.89. The van der Waals surface area contributed by atoms with Gasteiger partial charge >= 0.3 is 0 Å². The number of carbonyl (C=O) groups excluding carboxylic acids is 1. The zero-order chi connectivity index (χ0) is 7.11. The molecule has 0 heterocycles. The molecule has 0 aromatic rings. The first-order valence-corrected chi connectivity index (χ1v) is 4.45. The van der Waals surface area contributed by atoms with Gasteiger partial charge in [-0.15, -0.1) is 0 Å². The summed E-state index contributed by atoms with van der Waals surface area (Å²) in [6, 6.07) is 0. The number of rotatable bonds is 5. The van der Waals surface area contributed by atoms with E-state index in [1.807, 2.05) is 11.8 Å². The summed E-state index contributed by atoms with van der Waals surface area (Å²) < 4.78 is 0. The van der Waals surface area contributed by atoms with E-state index < -0.39 is 0 Å². The fraction of sp³-hybridized carbons (Fsp3) is 0.857. The first-order chi connectivity index (χ1) is 4.35. The molecule has 2 heteroatoms. The molecule has 54 valence electrons. The van der Waals surface area contributed by atoms with Crippen molar-refractivity contribution in [3.8, 4) is 0 Å². The van der Waals surface area contributed by atoms with E-state index in [1.54, 1.807) is 0 Å². The highest BCUT2D eigenvalue weighted by atomic mass is 32.2. The Balaban J connectivity index is 3.28. The fourth-order valence-corrected chi connectivity index (χ4v) is 1.62. The molecular formula is C7H14OS. The van der Waals surface area contributed by atoms with Gasteiger partial charge in [-0.25, -0.2) is 0 Å². The summed E-state index contributed by atoms with van der Waals surface area (Å²) in [5, 5.41) is 0.562. The molecule has 0 aliphatic heterocycles. The lowest BCUT2D eigenvalue weighted by atomic mass is 10.3. The van der Waals surface area contributed by atoms with Gasteiger partial charge in [-0.2, -0.15) is 11.8 Å². The van der Waals surface area contributed by atoms with E-state index in [1.165, 1.54) is 0 Å². The molecule has 0 amide bonds. The number of thioether (sulfide) groups is 1. The van der Waals surface area contributed by atoms with Crippen LogP contribution in [-0.4, -0.2) is 17.3 Å². The van der Waals surface area contributed by atoms with Crippen LogP contribution in [0.5, 0.6) is 0 Å². The molecule has 0 aliphatic rings. The van der Waals surface area contributed by atoms with E-state index in [9.17, 15) is 4.79 Å². The average Bonchev–Trinajstić information content (AvgIpc) is 1.88. The lowest BCUT2D eigenvalue weighted by Crippen LogP contribution is -2.00. The minimum Gasteiger partial charge on any atom is -0.303 e. The SMILES string of the molecule is CCS[C@@H](CC)CC=O. The van der Waals surface area contributed by atoms with Crippen LogP contribution >= 0.6 is 11.8 Å². The maximum absolute atomic E-state index is 10.0. The molecule has 0 fully saturated rings. The topological polar surface area (TPSA) is 17.1 Å². The minimum atomic E-state index is 0.562. The van der Waals surface area contributed by atoms with Gasteiger partial charge in [0, 0.05) is 11.7 Å². The zero-order valence-electron chi connectivity index (χ0n) is 6.09. The minimum absolute atomic E-state index is 0.562. The van der Waals surface area contributed by atoms with Gasteiger partial charge in [-0.05, 0) is 12.2 Å². The Bertz CT molecular complexity index is 73.3. The van der Waals surface area contributed by atoms with E-state index in [-0.39, 0.29) is 0 Å². The summed E-state index contributed by atoms with van der Waals surface area (Å²) in [4.78, 5) is 10.0. The Morgan fingerprint density at radius 2 is 2.22 bits per heavy atom. The summed E-state index contributed by atoms with van der Waals surface area (Å²) in [5.74, 6) is 1.12. The highest BCUT2D eigenvalue weighted by molar-refractivity contribution is 7.99. The monoisotopic (exact) mass is 146 g/mol. The van der Waals surface area contributed by atoms with E-state index >= 15 is 0 Å². The van der Waals surface area contributed by atoms with Crippen LogP contribution in [0.2, 0.25) is 0 Å². The van der Waals surface area contributed by atoms with Crippen molar-refractivity contribution in [1.29, 1.82) is 0 Å². The highest BCUT2D eigenvalue weighted by Gasteiger charge is 2.02. The van der Waals surface area contributed by atoms with Gasteiger partial charge in [0.25, 0.3) is 0 Å². The molecule has 0 saturated heterocycles. The first-order valence-electron chi connectivity index (χ1n) is 3.40. The molecular weight excluding hydrogens is 132 g/mol. The molecule has 0 saturated carbocycles. The largest absolute Gasteiger partial charge is 0.303 e. The quantitative estimate of drug-likeness (QED) is 0.552. The number of aldehydes is 1. The summed E-state index contributed by atoms with van der Waals surface area (Å²) in [6.45, 7) is 4.24. The van der Waals surface area contributed by atoms with Crippen molar-refractivity contribution in [3.05, 3.63) is 0 Å². The summed E-state index contributed by atoms with van der Waals surface area (Å²) in [6.07, 6.45) is 2.84. The third-order valence-corrected chi connectivity index (χ3v) is 2.55. The normalized spacial score (nSPS) is 13.1. The lowest BCUT2D eigenvalue weighted by Gasteiger charge is -2.07. The van der Waals surface area contributed by atoms with Gasteiger partial charge in [-0.3, -0.25) is 0 Å².